The van der Waals surface area contributed by atoms with Crippen molar-refractivity contribution in [2.45, 2.75) is 13.3 Å². The average Bonchev–Trinajstić information content (AvgIpc) is 2.65. The molecule has 0 atom stereocenters. The molecule has 2 N–H and O–H groups in total. The zero-order chi connectivity index (χ0) is 19.8. The van der Waals surface area contributed by atoms with E-state index in [9.17, 15) is 22.8 Å². The Hall–Kier alpha value is -3.03. The van der Waals surface area contributed by atoms with Gasteiger partial charge in [0.25, 0.3) is 5.91 Å². The predicted molar refractivity (Wildman–Crippen MR) is 93.0 cm³/mol. The summed E-state index contributed by atoms with van der Waals surface area (Å²) in [6.07, 6.45) is 0.151. The Morgan fingerprint density at radius 3 is 2.26 bits per heavy atom. The number of benzene rings is 2. The van der Waals surface area contributed by atoms with Crippen LogP contribution in [0.1, 0.15) is 22.8 Å². The number of carbonyl (C=O) groups excluding carboxylic acids is 2. The van der Waals surface area contributed by atoms with E-state index in [4.69, 9.17) is 4.74 Å². The number of hydrogen-bond donors (Lipinski definition) is 2. The number of halogens is 3. The maximum atomic E-state index is 13.5. The lowest BCUT2D eigenvalue weighted by Crippen LogP contribution is -2.35. The molecule has 27 heavy (non-hydrogen) atoms. The van der Waals surface area contributed by atoms with Gasteiger partial charge in [-0.15, -0.1) is 0 Å². The molecule has 2 aromatic rings. The van der Waals surface area contributed by atoms with Crippen LogP contribution in [0, 0.1) is 17.5 Å². The molecule has 144 valence electrons. The van der Waals surface area contributed by atoms with E-state index < -0.39 is 28.9 Å². The summed E-state index contributed by atoms with van der Waals surface area (Å²) in [5, 5.41) is 4.93. The highest BCUT2D eigenvalue weighted by molar-refractivity contribution is 5.94. The largest absolute Gasteiger partial charge is 0.494 e. The minimum Gasteiger partial charge on any atom is -0.494 e. The fourth-order valence-electron chi connectivity index (χ4n) is 2.29. The lowest BCUT2D eigenvalue weighted by Gasteiger charge is -2.09. The number of hydrogen-bond acceptors (Lipinski definition) is 3. The molecule has 0 radical (unpaired) electrons. The first-order chi connectivity index (χ1) is 12.9. The molecule has 2 rings (SSSR count). The molecular formula is C19H19F3N2O3. The molecular weight excluding hydrogens is 361 g/mol. The second-order valence-electron chi connectivity index (χ2n) is 5.58. The van der Waals surface area contributed by atoms with Crippen LogP contribution in [0.4, 0.5) is 13.2 Å². The van der Waals surface area contributed by atoms with Crippen LogP contribution >= 0.6 is 0 Å². The summed E-state index contributed by atoms with van der Waals surface area (Å²) in [5.74, 6) is -5.06. The van der Waals surface area contributed by atoms with Crippen LogP contribution in [-0.4, -0.2) is 31.5 Å². The van der Waals surface area contributed by atoms with Gasteiger partial charge in [0.15, 0.2) is 17.5 Å². The van der Waals surface area contributed by atoms with E-state index in [0.29, 0.717) is 18.4 Å². The summed E-state index contributed by atoms with van der Waals surface area (Å²) in [6, 6.07) is 8.61. The monoisotopic (exact) mass is 380 g/mol. The lowest BCUT2D eigenvalue weighted by molar-refractivity contribution is -0.120. The molecule has 0 aliphatic carbocycles. The van der Waals surface area contributed by atoms with Gasteiger partial charge in [0.2, 0.25) is 5.91 Å². The SMILES string of the molecule is CCOc1ccc(CC(=O)NCCNC(=O)c2ccc(F)c(F)c2F)cc1. The Balaban J connectivity index is 1.75. The fraction of sp³-hybridized carbons (Fsp3) is 0.263. The van der Waals surface area contributed by atoms with Crippen LogP contribution in [0.3, 0.4) is 0 Å². The van der Waals surface area contributed by atoms with E-state index >= 15 is 0 Å². The molecule has 0 unspecified atom stereocenters. The van der Waals surface area contributed by atoms with Crippen molar-refractivity contribution in [3.63, 3.8) is 0 Å². The highest BCUT2D eigenvalue weighted by atomic mass is 19.2. The van der Waals surface area contributed by atoms with Gasteiger partial charge in [-0.3, -0.25) is 9.59 Å². The van der Waals surface area contributed by atoms with Gasteiger partial charge in [-0.05, 0) is 36.8 Å². The Labute approximate surface area is 154 Å². The minimum atomic E-state index is -1.70. The van der Waals surface area contributed by atoms with Crippen molar-refractivity contribution in [1.82, 2.24) is 10.6 Å². The average molecular weight is 380 g/mol. The third kappa shape index (κ3) is 5.73. The van der Waals surface area contributed by atoms with Gasteiger partial charge in [0.05, 0.1) is 18.6 Å². The van der Waals surface area contributed by atoms with E-state index in [2.05, 4.69) is 10.6 Å². The smallest absolute Gasteiger partial charge is 0.254 e. The summed E-state index contributed by atoms with van der Waals surface area (Å²) < 4.78 is 44.8. The van der Waals surface area contributed by atoms with E-state index in [-0.39, 0.29) is 25.4 Å². The number of rotatable bonds is 8. The highest BCUT2D eigenvalue weighted by Crippen LogP contribution is 2.15. The van der Waals surface area contributed by atoms with Crippen molar-refractivity contribution in [1.29, 1.82) is 0 Å². The van der Waals surface area contributed by atoms with Gasteiger partial charge < -0.3 is 15.4 Å². The maximum absolute atomic E-state index is 13.5. The second-order valence-corrected chi connectivity index (χ2v) is 5.58. The van der Waals surface area contributed by atoms with Crippen molar-refractivity contribution in [3.8, 4) is 5.75 Å². The maximum Gasteiger partial charge on any atom is 0.254 e. The van der Waals surface area contributed by atoms with E-state index in [1.54, 1.807) is 24.3 Å². The van der Waals surface area contributed by atoms with Crippen LogP contribution in [0.2, 0.25) is 0 Å². The quantitative estimate of drug-likeness (QED) is 0.547. The fourth-order valence-corrected chi connectivity index (χ4v) is 2.29. The van der Waals surface area contributed by atoms with E-state index in [1.807, 2.05) is 6.92 Å². The van der Waals surface area contributed by atoms with Gasteiger partial charge in [-0.25, -0.2) is 13.2 Å². The van der Waals surface area contributed by atoms with Crippen molar-refractivity contribution in [2.75, 3.05) is 19.7 Å². The first kappa shape index (κ1) is 20.3. The molecule has 5 nitrogen and oxygen atoms in total. The normalized spacial score (nSPS) is 10.4. The van der Waals surface area contributed by atoms with E-state index in [0.717, 1.165) is 11.6 Å². The Kier molecular flexibility index (Phi) is 7.22. The van der Waals surface area contributed by atoms with E-state index in [1.165, 1.54) is 0 Å². The first-order valence-electron chi connectivity index (χ1n) is 8.32. The number of nitrogens with one attached hydrogen (secondary N) is 2. The van der Waals surface area contributed by atoms with Crippen LogP contribution < -0.4 is 15.4 Å². The highest BCUT2D eigenvalue weighted by Gasteiger charge is 2.18. The Morgan fingerprint density at radius 2 is 1.59 bits per heavy atom. The summed E-state index contributed by atoms with van der Waals surface area (Å²) in [5.41, 5.74) is 0.193. The molecule has 8 heteroatoms. The number of carbonyl (C=O) groups is 2. The molecule has 0 spiro atoms. The summed E-state index contributed by atoms with van der Waals surface area (Å²) in [7, 11) is 0. The lowest BCUT2D eigenvalue weighted by atomic mass is 10.1. The van der Waals surface area contributed by atoms with Gasteiger partial charge in [0.1, 0.15) is 5.75 Å². The number of amides is 2. The zero-order valence-electron chi connectivity index (χ0n) is 14.7. The molecule has 2 aromatic carbocycles. The van der Waals surface area contributed by atoms with Gasteiger partial charge in [-0.2, -0.15) is 0 Å². The molecule has 0 aliphatic heterocycles. The molecule has 0 heterocycles. The van der Waals surface area contributed by atoms with Gasteiger partial charge in [-0.1, -0.05) is 12.1 Å². The predicted octanol–water partition coefficient (Wildman–Crippen LogP) is 2.59. The zero-order valence-corrected chi connectivity index (χ0v) is 14.7. The number of ether oxygens (including phenoxy) is 1. The standard InChI is InChI=1S/C19H19F3N2O3/c1-2-27-13-5-3-12(4-6-13)11-16(25)23-9-10-24-19(26)14-7-8-15(20)18(22)17(14)21/h3-8H,2,9-11H2,1H3,(H,23,25)(H,24,26). The third-order valence-electron chi connectivity index (χ3n) is 3.61. The van der Waals surface area contributed by atoms with Crippen LogP contribution in [0.25, 0.3) is 0 Å². The minimum absolute atomic E-state index is 0.00624. The molecule has 0 bridgehead atoms. The molecule has 0 aliphatic rings. The molecule has 0 aromatic heterocycles. The summed E-state index contributed by atoms with van der Waals surface area (Å²) in [4.78, 5) is 23.7. The Bertz CT molecular complexity index is 811. The van der Waals surface area contributed by atoms with Crippen LogP contribution in [-0.2, 0) is 11.2 Å². The van der Waals surface area contributed by atoms with Crippen molar-refractivity contribution >= 4 is 11.8 Å². The molecule has 0 fully saturated rings. The van der Waals surface area contributed by atoms with Crippen molar-refractivity contribution in [3.05, 3.63) is 65.0 Å². The van der Waals surface area contributed by atoms with Gasteiger partial charge >= 0.3 is 0 Å². The first-order valence-corrected chi connectivity index (χ1v) is 8.32. The van der Waals surface area contributed by atoms with Crippen LogP contribution in [0.5, 0.6) is 5.75 Å². The summed E-state index contributed by atoms with van der Waals surface area (Å²) in [6.45, 7) is 2.54. The Morgan fingerprint density at radius 1 is 0.926 bits per heavy atom. The topological polar surface area (TPSA) is 67.4 Å². The van der Waals surface area contributed by atoms with Crippen molar-refractivity contribution < 1.29 is 27.5 Å². The van der Waals surface area contributed by atoms with Crippen LogP contribution in [0.15, 0.2) is 36.4 Å². The van der Waals surface area contributed by atoms with Gasteiger partial charge in [0, 0.05) is 13.1 Å². The summed E-state index contributed by atoms with van der Waals surface area (Å²) >= 11 is 0. The molecule has 0 saturated carbocycles. The molecule has 2 amide bonds. The molecule has 0 saturated heterocycles. The second kappa shape index (κ2) is 9.61. The third-order valence-corrected chi connectivity index (χ3v) is 3.61. The van der Waals surface area contributed by atoms with Crippen molar-refractivity contribution in [2.24, 2.45) is 0 Å².